The Balaban J connectivity index is 1.54. The fraction of sp³-hybridized carbons (Fsp3) is 0.421. The molecule has 0 aliphatic carbocycles. The third kappa shape index (κ3) is 4.33. The Kier molecular flexibility index (Phi) is 5.60. The Bertz CT molecular complexity index is 684. The van der Waals surface area contributed by atoms with E-state index in [1.165, 1.54) is 0 Å². The van der Waals surface area contributed by atoms with Gasteiger partial charge in [0.15, 0.2) is 0 Å². The van der Waals surface area contributed by atoms with Crippen LogP contribution in [0.4, 0.5) is 5.95 Å². The van der Waals surface area contributed by atoms with Crippen LogP contribution in [-0.4, -0.2) is 52.6 Å². The number of nitrogens with zero attached hydrogens (tertiary/aromatic N) is 4. The Morgan fingerprint density at radius 3 is 2.48 bits per heavy atom. The highest BCUT2D eigenvalue weighted by atomic mass is 16.3. The molecule has 3 rings (SSSR count). The predicted molar refractivity (Wildman–Crippen MR) is 96.5 cm³/mol. The second-order valence-corrected chi connectivity index (χ2v) is 6.41. The van der Waals surface area contributed by atoms with E-state index in [1.807, 2.05) is 30.3 Å². The number of hydrogen-bond acceptors (Lipinski definition) is 5. The summed E-state index contributed by atoms with van der Waals surface area (Å²) in [4.78, 5) is 24.9. The van der Waals surface area contributed by atoms with Crippen molar-refractivity contribution in [1.29, 1.82) is 0 Å². The molecule has 2 heterocycles. The minimum atomic E-state index is -0.578. The first-order chi connectivity index (χ1) is 12.1. The van der Waals surface area contributed by atoms with Crippen LogP contribution in [0.5, 0.6) is 0 Å². The second kappa shape index (κ2) is 8.07. The van der Waals surface area contributed by atoms with E-state index in [0.29, 0.717) is 24.5 Å². The summed E-state index contributed by atoms with van der Waals surface area (Å²) >= 11 is 0. The van der Waals surface area contributed by atoms with Crippen molar-refractivity contribution in [1.82, 2.24) is 14.9 Å². The van der Waals surface area contributed by atoms with Gasteiger partial charge < -0.3 is 14.9 Å². The monoisotopic (exact) mass is 340 g/mol. The van der Waals surface area contributed by atoms with Gasteiger partial charge in [-0.3, -0.25) is 4.79 Å². The molecule has 0 spiro atoms. The van der Waals surface area contributed by atoms with Crippen molar-refractivity contribution >= 4 is 11.9 Å². The molecule has 1 N–H and O–H groups in total. The molecule has 6 nitrogen and oxygen atoms in total. The number of rotatable bonds is 6. The van der Waals surface area contributed by atoms with Gasteiger partial charge in [-0.25, -0.2) is 9.97 Å². The van der Waals surface area contributed by atoms with Crippen LogP contribution in [0.1, 0.15) is 41.3 Å². The second-order valence-electron chi connectivity index (χ2n) is 6.41. The van der Waals surface area contributed by atoms with Crippen molar-refractivity contribution in [2.75, 3.05) is 31.6 Å². The van der Waals surface area contributed by atoms with Gasteiger partial charge in [0.1, 0.15) is 0 Å². The third-order valence-electron chi connectivity index (χ3n) is 4.54. The highest BCUT2D eigenvalue weighted by Gasteiger charge is 2.18. The number of aliphatic hydroxyl groups is 1. The molecule has 0 saturated carbocycles. The summed E-state index contributed by atoms with van der Waals surface area (Å²) in [5, 5.41) is 10.2. The summed E-state index contributed by atoms with van der Waals surface area (Å²) in [6.45, 7) is 2.41. The molecule has 1 aliphatic rings. The number of aliphatic hydroxyl groups excluding tert-OH is 1. The van der Waals surface area contributed by atoms with E-state index in [0.717, 1.165) is 31.5 Å². The first kappa shape index (κ1) is 17.4. The number of benzene rings is 1. The molecular formula is C19H24N4O2. The van der Waals surface area contributed by atoms with Gasteiger partial charge in [0.25, 0.3) is 5.91 Å². The zero-order chi connectivity index (χ0) is 17.6. The predicted octanol–water partition coefficient (Wildman–Crippen LogP) is 2.27. The minimum absolute atomic E-state index is 0.131. The van der Waals surface area contributed by atoms with E-state index in [4.69, 9.17) is 0 Å². The first-order valence-corrected chi connectivity index (χ1v) is 8.70. The van der Waals surface area contributed by atoms with Gasteiger partial charge in [-0.1, -0.05) is 30.3 Å². The molecule has 0 bridgehead atoms. The van der Waals surface area contributed by atoms with Crippen molar-refractivity contribution in [3.05, 3.63) is 53.9 Å². The molecule has 1 aromatic carbocycles. The highest BCUT2D eigenvalue weighted by Crippen LogP contribution is 2.17. The molecule has 6 heteroatoms. The highest BCUT2D eigenvalue weighted by molar-refractivity contribution is 5.93. The number of hydrogen-bond donors (Lipinski definition) is 1. The van der Waals surface area contributed by atoms with Gasteiger partial charge in [0.05, 0.1) is 11.7 Å². The maximum absolute atomic E-state index is 12.5. The fourth-order valence-corrected chi connectivity index (χ4v) is 2.99. The van der Waals surface area contributed by atoms with Crippen LogP contribution >= 0.6 is 0 Å². The Hall–Kier alpha value is -2.47. The van der Waals surface area contributed by atoms with Crippen molar-refractivity contribution < 1.29 is 9.90 Å². The fourth-order valence-electron chi connectivity index (χ4n) is 2.99. The average Bonchev–Trinajstić information content (AvgIpc) is 3.21. The van der Waals surface area contributed by atoms with Crippen molar-refractivity contribution in [2.45, 2.75) is 25.4 Å². The zero-order valence-electron chi connectivity index (χ0n) is 14.5. The number of anilines is 1. The van der Waals surface area contributed by atoms with Gasteiger partial charge in [-0.15, -0.1) is 0 Å². The molecule has 1 aromatic heterocycles. The Morgan fingerprint density at radius 2 is 1.84 bits per heavy atom. The maximum Gasteiger partial charge on any atom is 0.256 e. The van der Waals surface area contributed by atoms with E-state index in [1.54, 1.807) is 24.3 Å². The van der Waals surface area contributed by atoms with Gasteiger partial charge in [-0.2, -0.15) is 0 Å². The minimum Gasteiger partial charge on any atom is -0.388 e. The number of aromatic nitrogens is 2. The summed E-state index contributed by atoms with van der Waals surface area (Å²) < 4.78 is 0. The largest absolute Gasteiger partial charge is 0.388 e. The molecule has 132 valence electrons. The summed E-state index contributed by atoms with van der Waals surface area (Å²) in [7, 11) is 1.73. The smallest absolute Gasteiger partial charge is 0.256 e. The number of amides is 1. The van der Waals surface area contributed by atoms with Gasteiger partial charge >= 0.3 is 0 Å². The molecule has 1 fully saturated rings. The van der Waals surface area contributed by atoms with E-state index < -0.39 is 6.10 Å². The molecule has 1 saturated heterocycles. The lowest BCUT2D eigenvalue weighted by Gasteiger charge is -2.20. The molecule has 1 unspecified atom stereocenters. The van der Waals surface area contributed by atoms with Crippen LogP contribution in [0, 0.1) is 0 Å². The summed E-state index contributed by atoms with van der Waals surface area (Å²) in [5.74, 6) is 0.560. The standard InChI is InChI=1S/C19H24N4O2/c1-22(12-9-17(24)15-7-3-2-4-8-15)18(25)16-13-20-19(21-14-16)23-10-5-6-11-23/h2-4,7-8,13-14,17,24H,5-6,9-12H2,1H3. The van der Waals surface area contributed by atoms with Crippen molar-refractivity contribution in [3.8, 4) is 0 Å². The molecule has 1 atom stereocenters. The molecular weight excluding hydrogens is 316 g/mol. The van der Waals surface area contributed by atoms with Gasteiger partial charge in [-0.05, 0) is 24.8 Å². The lowest BCUT2D eigenvalue weighted by Crippen LogP contribution is -2.29. The summed E-state index contributed by atoms with van der Waals surface area (Å²) in [5.41, 5.74) is 1.33. The summed E-state index contributed by atoms with van der Waals surface area (Å²) in [6, 6.07) is 9.48. The maximum atomic E-state index is 12.5. The van der Waals surface area contributed by atoms with Crippen LogP contribution in [0.2, 0.25) is 0 Å². The van der Waals surface area contributed by atoms with Crippen LogP contribution in [0.3, 0.4) is 0 Å². The van der Waals surface area contributed by atoms with Crippen molar-refractivity contribution in [3.63, 3.8) is 0 Å². The van der Waals surface area contributed by atoms with Crippen LogP contribution in [0.15, 0.2) is 42.7 Å². The molecule has 1 amide bonds. The van der Waals surface area contributed by atoms with Gasteiger partial charge in [0, 0.05) is 39.1 Å². The number of carbonyl (C=O) groups excluding carboxylic acids is 1. The average molecular weight is 340 g/mol. The lowest BCUT2D eigenvalue weighted by atomic mass is 10.1. The first-order valence-electron chi connectivity index (χ1n) is 8.70. The van der Waals surface area contributed by atoms with E-state index in [9.17, 15) is 9.90 Å². The van der Waals surface area contributed by atoms with E-state index in [2.05, 4.69) is 14.9 Å². The van der Waals surface area contributed by atoms with Crippen molar-refractivity contribution in [2.24, 2.45) is 0 Å². The molecule has 25 heavy (non-hydrogen) atoms. The SMILES string of the molecule is CN(CCC(O)c1ccccc1)C(=O)c1cnc(N2CCCC2)nc1. The van der Waals surface area contributed by atoms with Crippen LogP contribution < -0.4 is 4.90 Å². The number of carbonyl (C=O) groups is 1. The van der Waals surface area contributed by atoms with E-state index in [-0.39, 0.29) is 5.91 Å². The molecule has 0 radical (unpaired) electrons. The zero-order valence-corrected chi connectivity index (χ0v) is 14.5. The summed E-state index contributed by atoms with van der Waals surface area (Å²) in [6.07, 6.45) is 5.41. The third-order valence-corrected chi connectivity index (χ3v) is 4.54. The molecule has 1 aliphatic heterocycles. The van der Waals surface area contributed by atoms with Crippen LogP contribution in [0.25, 0.3) is 0 Å². The van der Waals surface area contributed by atoms with Crippen LogP contribution in [-0.2, 0) is 0 Å². The molecule has 2 aromatic rings. The van der Waals surface area contributed by atoms with E-state index >= 15 is 0 Å². The normalized spacial score (nSPS) is 15.2. The topological polar surface area (TPSA) is 69.6 Å². The lowest BCUT2D eigenvalue weighted by molar-refractivity contribution is 0.0760. The Labute approximate surface area is 148 Å². The van der Waals surface area contributed by atoms with Gasteiger partial charge in [0.2, 0.25) is 5.95 Å². The quantitative estimate of drug-likeness (QED) is 0.873. The Morgan fingerprint density at radius 1 is 1.20 bits per heavy atom.